The molecule has 178 valence electrons. The lowest BCUT2D eigenvalue weighted by Gasteiger charge is -2.31. The largest absolute Gasteiger partial charge is 0.379 e. The van der Waals surface area contributed by atoms with E-state index < -0.39 is 0 Å². The molecule has 33 heavy (non-hydrogen) atoms. The molecule has 2 aromatic rings. The molecule has 1 N–H and O–H groups in total. The Kier molecular flexibility index (Phi) is 8.12. The molecule has 0 aliphatic carbocycles. The number of ether oxygens (including phenoxy) is 1. The van der Waals surface area contributed by atoms with Crippen LogP contribution in [0.15, 0.2) is 36.5 Å². The van der Waals surface area contributed by atoms with Crippen LogP contribution in [0.5, 0.6) is 0 Å². The van der Waals surface area contributed by atoms with Crippen molar-refractivity contribution in [1.29, 1.82) is 0 Å². The number of carbonyl (C=O) groups is 2. The maximum absolute atomic E-state index is 13.1. The molecule has 0 unspecified atom stereocenters. The molecule has 1 aromatic carbocycles. The Labute approximate surface area is 195 Å². The average molecular weight is 454 g/mol. The van der Waals surface area contributed by atoms with E-state index in [4.69, 9.17) is 4.74 Å². The van der Waals surface area contributed by atoms with Gasteiger partial charge in [0.2, 0.25) is 5.91 Å². The van der Waals surface area contributed by atoms with Crippen molar-refractivity contribution in [3.8, 4) is 5.69 Å². The zero-order chi connectivity index (χ0) is 23.0. The molecule has 0 saturated carbocycles. The van der Waals surface area contributed by atoms with Gasteiger partial charge in [0.1, 0.15) is 0 Å². The summed E-state index contributed by atoms with van der Waals surface area (Å²) in [6.45, 7) is 8.56. The summed E-state index contributed by atoms with van der Waals surface area (Å²) in [4.78, 5) is 29.7. The van der Waals surface area contributed by atoms with Gasteiger partial charge in [0.25, 0.3) is 5.91 Å². The summed E-state index contributed by atoms with van der Waals surface area (Å²) in [6, 6.07) is 9.82. The number of nitrogens with one attached hydrogen (secondary N) is 1. The molecule has 0 radical (unpaired) electrons. The lowest BCUT2D eigenvalue weighted by Crippen LogP contribution is -2.40. The summed E-state index contributed by atoms with van der Waals surface area (Å²) < 4.78 is 7.12. The van der Waals surface area contributed by atoms with E-state index in [1.54, 1.807) is 4.68 Å². The summed E-state index contributed by atoms with van der Waals surface area (Å²) in [5.74, 6) is 0.490. The quantitative estimate of drug-likeness (QED) is 0.621. The molecule has 2 amide bonds. The first kappa shape index (κ1) is 23.4. The average Bonchev–Trinajstić information content (AvgIpc) is 3.25. The number of carbonyl (C=O) groups excluding carboxylic acids is 2. The maximum Gasteiger partial charge on any atom is 0.257 e. The van der Waals surface area contributed by atoms with Crippen molar-refractivity contribution in [2.75, 3.05) is 52.5 Å². The number of likely N-dealkylation sites (tertiary alicyclic amines) is 1. The molecular weight excluding hydrogens is 418 g/mol. The second kappa shape index (κ2) is 11.4. The van der Waals surface area contributed by atoms with E-state index in [1.807, 2.05) is 48.4 Å². The molecule has 4 rings (SSSR count). The third-order valence-corrected chi connectivity index (χ3v) is 6.60. The van der Waals surface area contributed by atoms with E-state index in [9.17, 15) is 9.59 Å². The minimum Gasteiger partial charge on any atom is -0.379 e. The number of para-hydroxylation sites is 1. The molecular formula is C25H35N5O3. The Balaban J connectivity index is 1.18. The highest BCUT2D eigenvalue weighted by molar-refractivity contribution is 5.95. The number of hydrogen-bond donors (Lipinski definition) is 1. The van der Waals surface area contributed by atoms with Gasteiger partial charge in [-0.1, -0.05) is 18.2 Å². The first-order chi connectivity index (χ1) is 16.1. The van der Waals surface area contributed by atoms with Crippen molar-refractivity contribution < 1.29 is 14.3 Å². The van der Waals surface area contributed by atoms with E-state index in [2.05, 4.69) is 15.3 Å². The molecule has 2 aliphatic heterocycles. The van der Waals surface area contributed by atoms with Gasteiger partial charge in [-0.15, -0.1) is 0 Å². The van der Waals surface area contributed by atoms with E-state index in [1.165, 1.54) is 0 Å². The van der Waals surface area contributed by atoms with Crippen LogP contribution in [0.25, 0.3) is 5.69 Å². The van der Waals surface area contributed by atoms with Crippen molar-refractivity contribution in [2.45, 2.75) is 32.6 Å². The van der Waals surface area contributed by atoms with Crippen molar-refractivity contribution in [3.63, 3.8) is 0 Å². The summed E-state index contributed by atoms with van der Waals surface area (Å²) >= 11 is 0. The topological polar surface area (TPSA) is 79.7 Å². The summed E-state index contributed by atoms with van der Waals surface area (Å²) in [5, 5.41) is 7.59. The van der Waals surface area contributed by atoms with Gasteiger partial charge in [-0.3, -0.25) is 14.5 Å². The van der Waals surface area contributed by atoms with E-state index in [-0.39, 0.29) is 11.8 Å². The van der Waals surface area contributed by atoms with Crippen molar-refractivity contribution >= 4 is 11.8 Å². The lowest BCUT2D eigenvalue weighted by atomic mass is 9.93. The number of nitrogens with zero attached hydrogens (tertiary/aromatic N) is 4. The Morgan fingerprint density at radius 1 is 1.09 bits per heavy atom. The maximum atomic E-state index is 13.1. The van der Waals surface area contributed by atoms with Gasteiger partial charge in [-0.05, 0) is 50.8 Å². The Morgan fingerprint density at radius 2 is 1.82 bits per heavy atom. The zero-order valence-electron chi connectivity index (χ0n) is 19.5. The Hall–Kier alpha value is -2.71. The number of aryl methyl sites for hydroxylation is 1. The zero-order valence-corrected chi connectivity index (χ0v) is 19.5. The van der Waals surface area contributed by atoms with Gasteiger partial charge in [0, 0.05) is 45.3 Å². The third kappa shape index (κ3) is 6.42. The summed E-state index contributed by atoms with van der Waals surface area (Å²) in [7, 11) is 0. The normalized spacial score (nSPS) is 17.8. The number of morpholine rings is 1. The third-order valence-electron chi connectivity index (χ3n) is 6.60. The van der Waals surface area contributed by atoms with Crippen LogP contribution in [-0.4, -0.2) is 83.9 Å². The van der Waals surface area contributed by atoms with Crippen LogP contribution in [-0.2, 0) is 9.53 Å². The van der Waals surface area contributed by atoms with Gasteiger partial charge in [-0.2, -0.15) is 5.10 Å². The first-order valence-electron chi connectivity index (χ1n) is 12.1. The number of piperidine rings is 1. The summed E-state index contributed by atoms with van der Waals surface area (Å²) in [6.07, 6.45) is 5.06. The van der Waals surface area contributed by atoms with E-state index in [0.29, 0.717) is 31.0 Å². The number of aromatic nitrogens is 2. The SMILES string of the molecule is Cc1nn(-c2ccccc2)cc1C(=O)N1CCC(CC(=O)NCCCN2CCOCC2)CC1. The number of hydrogen-bond acceptors (Lipinski definition) is 5. The van der Waals surface area contributed by atoms with Crippen LogP contribution < -0.4 is 5.32 Å². The molecule has 2 aliphatic rings. The minimum atomic E-state index is 0.0284. The molecule has 0 atom stereocenters. The Morgan fingerprint density at radius 3 is 2.55 bits per heavy atom. The smallest absolute Gasteiger partial charge is 0.257 e. The number of rotatable bonds is 8. The van der Waals surface area contributed by atoms with E-state index in [0.717, 1.165) is 70.0 Å². The van der Waals surface area contributed by atoms with Gasteiger partial charge in [0.15, 0.2) is 0 Å². The standard InChI is InChI=1S/C25H35N5O3/c1-20-23(19-30(27-20)22-6-3-2-4-7-22)25(32)29-12-8-21(9-13-29)18-24(31)26-10-5-11-28-14-16-33-17-15-28/h2-4,6-7,19,21H,5,8-18H2,1H3,(H,26,31). The van der Waals surface area contributed by atoms with Gasteiger partial charge < -0.3 is 15.0 Å². The highest BCUT2D eigenvalue weighted by Crippen LogP contribution is 2.23. The highest BCUT2D eigenvalue weighted by Gasteiger charge is 2.27. The fourth-order valence-electron chi connectivity index (χ4n) is 4.58. The van der Waals surface area contributed by atoms with Crippen LogP contribution in [0.4, 0.5) is 0 Å². The molecule has 3 heterocycles. The van der Waals surface area contributed by atoms with Gasteiger partial charge >= 0.3 is 0 Å². The fourth-order valence-corrected chi connectivity index (χ4v) is 4.58. The molecule has 2 saturated heterocycles. The van der Waals surface area contributed by atoms with E-state index >= 15 is 0 Å². The molecule has 1 aromatic heterocycles. The number of benzene rings is 1. The van der Waals surface area contributed by atoms with Crippen LogP contribution in [0.1, 0.15) is 41.7 Å². The van der Waals surface area contributed by atoms with Crippen molar-refractivity contribution in [1.82, 2.24) is 24.9 Å². The van der Waals surface area contributed by atoms with Crippen LogP contribution in [0.2, 0.25) is 0 Å². The monoisotopic (exact) mass is 453 g/mol. The Bertz CT molecular complexity index is 915. The first-order valence-corrected chi connectivity index (χ1v) is 12.1. The lowest BCUT2D eigenvalue weighted by molar-refractivity contribution is -0.122. The molecule has 0 spiro atoms. The van der Waals surface area contributed by atoms with Crippen molar-refractivity contribution in [3.05, 3.63) is 47.8 Å². The van der Waals surface area contributed by atoms with Crippen LogP contribution >= 0.6 is 0 Å². The number of amides is 2. The van der Waals surface area contributed by atoms with Crippen LogP contribution in [0.3, 0.4) is 0 Å². The van der Waals surface area contributed by atoms with Crippen LogP contribution in [0, 0.1) is 12.8 Å². The molecule has 8 heteroatoms. The highest BCUT2D eigenvalue weighted by atomic mass is 16.5. The predicted molar refractivity (Wildman–Crippen MR) is 126 cm³/mol. The predicted octanol–water partition coefficient (Wildman–Crippen LogP) is 2.26. The second-order valence-electron chi connectivity index (χ2n) is 9.01. The molecule has 0 bridgehead atoms. The second-order valence-corrected chi connectivity index (χ2v) is 9.01. The molecule has 8 nitrogen and oxygen atoms in total. The fraction of sp³-hybridized carbons (Fsp3) is 0.560. The summed E-state index contributed by atoms with van der Waals surface area (Å²) in [5.41, 5.74) is 2.33. The molecule has 2 fully saturated rings. The van der Waals surface area contributed by atoms with Gasteiger partial charge in [-0.25, -0.2) is 4.68 Å². The van der Waals surface area contributed by atoms with Gasteiger partial charge in [0.05, 0.1) is 30.2 Å². The minimum absolute atomic E-state index is 0.0284. The van der Waals surface area contributed by atoms with Crippen molar-refractivity contribution in [2.24, 2.45) is 5.92 Å².